The highest BCUT2D eigenvalue weighted by Crippen LogP contribution is 1.86. The molecule has 3 heteroatoms. The molecule has 2 N–H and O–H groups in total. The summed E-state index contributed by atoms with van der Waals surface area (Å²) >= 11 is 0. The Bertz CT molecular complexity index is 43.7. The number of hydrogen-bond donors (Lipinski definition) is 1. The van der Waals surface area contributed by atoms with Gasteiger partial charge in [-0.2, -0.15) is 0 Å². The first-order valence-electron chi connectivity index (χ1n) is 2.62. The number of methoxy groups -OCH3 is 1. The molecule has 8 heavy (non-hydrogen) atoms. The minimum absolute atomic E-state index is 0.116. The molecule has 0 fully saturated rings. The van der Waals surface area contributed by atoms with Gasteiger partial charge in [0.1, 0.15) is 0 Å². The average Bonchev–Trinajstić information content (AvgIpc) is 1.68. The summed E-state index contributed by atoms with van der Waals surface area (Å²) < 4.78 is 9.71. The van der Waals surface area contributed by atoms with Gasteiger partial charge in [-0.3, -0.25) is 0 Å². The Labute approximate surface area is 49.8 Å². The molecule has 0 aliphatic rings. The molecule has 0 heterocycles. The van der Waals surface area contributed by atoms with Crippen LogP contribution in [-0.2, 0) is 9.47 Å². The molecule has 0 amide bonds. The van der Waals surface area contributed by atoms with E-state index in [0.29, 0.717) is 6.61 Å². The van der Waals surface area contributed by atoms with Gasteiger partial charge in [-0.1, -0.05) is 0 Å². The van der Waals surface area contributed by atoms with Crippen molar-refractivity contribution in [3.63, 3.8) is 0 Å². The lowest BCUT2D eigenvalue weighted by Crippen LogP contribution is -2.18. The van der Waals surface area contributed by atoms with Gasteiger partial charge in [0.2, 0.25) is 0 Å². The molecule has 1 unspecified atom stereocenters. The Morgan fingerprint density at radius 1 is 1.62 bits per heavy atom. The molecule has 3 nitrogen and oxygen atoms in total. The molecule has 0 aromatic heterocycles. The van der Waals surface area contributed by atoms with E-state index in [2.05, 4.69) is 0 Å². The van der Waals surface area contributed by atoms with Crippen molar-refractivity contribution < 1.29 is 9.47 Å². The fourth-order valence-electron chi connectivity index (χ4n) is 0.447. The first-order chi connectivity index (χ1) is 3.81. The van der Waals surface area contributed by atoms with Crippen LogP contribution in [0.15, 0.2) is 0 Å². The fraction of sp³-hybridized carbons (Fsp3) is 1.00. The molecular formula is C5H13NO2. The van der Waals surface area contributed by atoms with E-state index in [-0.39, 0.29) is 12.8 Å². The summed E-state index contributed by atoms with van der Waals surface area (Å²) in [4.78, 5) is 0. The van der Waals surface area contributed by atoms with Gasteiger partial charge < -0.3 is 15.2 Å². The van der Waals surface area contributed by atoms with E-state index in [0.717, 1.165) is 0 Å². The largest absolute Gasteiger partial charge is 0.382 e. The highest BCUT2D eigenvalue weighted by molar-refractivity contribution is 4.42. The normalized spacial score (nSPS) is 13.9. The first kappa shape index (κ1) is 7.88. The number of rotatable bonds is 4. The monoisotopic (exact) mass is 119 g/mol. The molecule has 0 aliphatic carbocycles. The lowest BCUT2D eigenvalue weighted by atomic mass is 10.4. The van der Waals surface area contributed by atoms with Crippen molar-refractivity contribution in [2.45, 2.75) is 13.0 Å². The van der Waals surface area contributed by atoms with Crippen LogP contribution in [0.4, 0.5) is 0 Å². The fourth-order valence-corrected chi connectivity index (χ4v) is 0.447. The lowest BCUT2D eigenvalue weighted by Gasteiger charge is -2.08. The lowest BCUT2D eigenvalue weighted by molar-refractivity contribution is 0.0122. The predicted molar refractivity (Wildman–Crippen MR) is 31.5 cm³/mol. The summed E-state index contributed by atoms with van der Waals surface area (Å²) in [5, 5.41) is 0. The van der Waals surface area contributed by atoms with Gasteiger partial charge in [0.25, 0.3) is 0 Å². The standard InChI is InChI=1S/C5H13NO2/c1-5(3-7-2)8-4-6/h5H,3-4,6H2,1-2H3. The van der Waals surface area contributed by atoms with Crippen molar-refractivity contribution >= 4 is 0 Å². The second-order valence-corrected chi connectivity index (χ2v) is 1.60. The van der Waals surface area contributed by atoms with E-state index in [1.165, 1.54) is 0 Å². The summed E-state index contributed by atoms with van der Waals surface area (Å²) in [5.41, 5.74) is 5.08. The van der Waals surface area contributed by atoms with Crippen molar-refractivity contribution in [3.05, 3.63) is 0 Å². The molecule has 0 aromatic carbocycles. The van der Waals surface area contributed by atoms with Crippen LogP contribution in [0.5, 0.6) is 0 Å². The van der Waals surface area contributed by atoms with Crippen molar-refractivity contribution in [2.75, 3.05) is 20.4 Å². The molecule has 1 atom stereocenters. The van der Waals surface area contributed by atoms with Gasteiger partial charge in [-0.15, -0.1) is 0 Å². The molecule has 0 saturated carbocycles. The zero-order valence-corrected chi connectivity index (χ0v) is 5.39. The van der Waals surface area contributed by atoms with Gasteiger partial charge >= 0.3 is 0 Å². The van der Waals surface area contributed by atoms with E-state index in [9.17, 15) is 0 Å². The second kappa shape index (κ2) is 5.03. The van der Waals surface area contributed by atoms with Crippen LogP contribution in [0, 0.1) is 0 Å². The van der Waals surface area contributed by atoms with Gasteiger partial charge in [-0.25, -0.2) is 0 Å². The maximum atomic E-state index is 5.08. The van der Waals surface area contributed by atoms with Crippen LogP contribution in [0.2, 0.25) is 0 Å². The Morgan fingerprint density at radius 3 is 2.62 bits per heavy atom. The van der Waals surface area contributed by atoms with Crippen LogP contribution in [-0.4, -0.2) is 26.6 Å². The Kier molecular flexibility index (Phi) is 4.95. The summed E-state index contributed by atoms with van der Waals surface area (Å²) in [6.07, 6.45) is 0.116. The van der Waals surface area contributed by atoms with Crippen molar-refractivity contribution in [3.8, 4) is 0 Å². The van der Waals surface area contributed by atoms with Crippen LogP contribution in [0.1, 0.15) is 6.92 Å². The highest BCUT2D eigenvalue weighted by Gasteiger charge is 1.96. The molecule has 0 saturated heterocycles. The van der Waals surface area contributed by atoms with E-state index < -0.39 is 0 Å². The van der Waals surface area contributed by atoms with Crippen LogP contribution in [0.3, 0.4) is 0 Å². The zero-order valence-electron chi connectivity index (χ0n) is 5.39. The van der Waals surface area contributed by atoms with Gasteiger partial charge in [-0.05, 0) is 6.92 Å². The van der Waals surface area contributed by atoms with Crippen molar-refractivity contribution in [2.24, 2.45) is 5.73 Å². The number of hydrogen-bond acceptors (Lipinski definition) is 3. The molecular weight excluding hydrogens is 106 g/mol. The highest BCUT2D eigenvalue weighted by atomic mass is 16.5. The Morgan fingerprint density at radius 2 is 2.25 bits per heavy atom. The van der Waals surface area contributed by atoms with Gasteiger partial charge in [0.05, 0.1) is 19.4 Å². The van der Waals surface area contributed by atoms with Crippen molar-refractivity contribution in [1.82, 2.24) is 0 Å². The van der Waals surface area contributed by atoms with Crippen LogP contribution in [0.25, 0.3) is 0 Å². The second-order valence-electron chi connectivity index (χ2n) is 1.60. The quantitative estimate of drug-likeness (QED) is 0.528. The van der Waals surface area contributed by atoms with E-state index in [1.807, 2.05) is 6.92 Å². The molecule has 0 aromatic rings. The van der Waals surface area contributed by atoms with E-state index >= 15 is 0 Å². The minimum Gasteiger partial charge on any atom is -0.382 e. The maximum Gasteiger partial charge on any atom is 0.0945 e. The summed E-state index contributed by atoms with van der Waals surface area (Å²) in [7, 11) is 1.64. The molecule has 0 bridgehead atoms. The van der Waals surface area contributed by atoms with Gasteiger partial charge in [0, 0.05) is 7.11 Å². The first-order valence-corrected chi connectivity index (χ1v) is 2.62. The van der Waals surface area contributed by atoms with Crippen LogP contribution >= 0.6 is 0 Å². The number of ether oxygens (including phenoxy) is 2. The Balaban J connectivity index is 2.92. The third-order valence-corrected chi connectivity index (χ3v) is 0.782. The van der Waals surface area contributed by atoms with Gasteiger partial charge in [0.15, 0.2) is 0 Å². The summed E-state index contributed by atoms with van der Waals surface area (Å²) in [6.45, 7) is 2.79. The SMILES string of the molecule is COCC(C)OCN. The molecule has 0 spiro atoms. The van der Waals surface area contributed by atoms with Crippen LogP contribution < -0.4 is 5.73 Å². The molecule has 0 rings (SSSR count). The molecule has 0 aliphatic heterocycles. The average molecular weight is 119 g/mol. The smallest absolute Gasteiger partial charge is 0.0945 e. The minimum atomic E-state index is 0.116. The van der Waals surface area contributed by atoms with E-state index in [1.54, 1.807) is 7.11 Å². The van der Waals surface area contributed by atoms with Crippen molar-refractivity contribution in [1.29, 1.82) is 0 Å². The summed E-state index contributed by atoms with van der Waals surface area (Å²) in [5.74, 6) is 0. The topological polar surface area (TPSA) is 44.5 Å². The number of nitrogens with two attached hydrogens (primary N) is 1. The molecule has 50 valence electrons. The van der Waals surface area contributed by atoms with E-state index in [4.69, 9.17) is 15.2 Å². The third kappa shape index (κ3) is 4.05. The zero-order chi connectivity index (χ0) is 6.41. The summed E-state index contributed by atoms with van der Waals surface area (Å²) in [6, 6.07) is 0. The predicted octanol–water partition coefficient (Wildman–Crippen LogP) is -0.0459. The third-order valence-electron chi connectivity index (χ3n) is 0.782. The molecule has 0 radical (unpaired) electrons. The Hall–Kier alpha value is -0.120. The maximum absolute atomic E-state index is 5.08.